The van der Waals surface area contributed by atoms with Crippen molar-refractivity contribution in [3.63, 3.8) is 0 Å². The zero-order chi connectivity index (χ0) is 13.2. The normalized spacial score (nSPS) is 10.6. The third kappa shape index (κ3) is 5.53. The number of unbranched alkanes of at least 4 members (excludes halogenated alkanes) is 2. The minimum Gasteiger partial charge on any atom is -0.463 e. The Labute approximate surface area is 109 Å². The molecule has 0 radical (unpaired) electrons. The zero-order valence-corrected chi connectivity index (χ0v) is 11.1. The summed E-state index contributed by atoms with van der Waals surface area (Å²) < 4.78 is 5.07. The molecule has 18 heavy (non-hydrogen) atoms. The SMILES string of the molecule is CCCCCOC(=O)/C=C/c1ccc(NC)cc1. The van der Waals surface area contributed by atoms with Gasteiger partial charge in [0.15, 0.2) is 0 Å². The Bertz CT molecular complexity index is 382. The second-order valence-corrected chi connectivity index (χ2v) is 4.08. The Kier molecular flexibility index (Phi) is 6.62. The molecule has 0 unspecified atom stereocenters. The van der Waals surface area contributed by atoms with E-state index in [1.165, 1.54) is 6.08 Å². The van der Waals surface area contributed by atoms with Crippen LogP contribution in [0.2, 0.25) is 0 Å². The summed E-state index contributed by atoms with van der Waals surface area (Å²) in [5.41, 5.74) is 2.04. The fourth-order valence-corrected chi connectivity index (χ4v) is 1.50. The molecule has 0 aliphatic rings. The number of esters is 1. The van der Waals surface area contributed by atoms with Crippen LogP contribution in [0.1, 0.15) is 31.7 Å². The van der Waals surface area contributed by atoms with E-state index >= 15 is 0 Å². The smallest absolute Gasteiger partial charge is 0.330 e. The van der Waals surface area contributed by atoms with Gasteiger partial charge in [-0.25, -0.2) is 4.79 Å². The molecule has 0 aliphatic heterocycles. The highest BCUT2D eigenvalue weighted by Crippen LogP contribution is 2.09. The molecule has 0 spiro atoms. The monoisotopic (exact) mass is 247 g/mol. The second kappa shape index (κ2) is 8.34. The van der Waals surface area contributed by atoms with Crippen LogP contribution in [0.25, 0.3) is 6.08 Å². The number of nitrogens with one attached hydrogen (secondary N) is 1. The van der Waals surface area contributed by atoms with Gasteiger partial charge in [-0.1, -0.05) is 31.9 Å². The minimum atomic E-state index is -0.274. The Morgan fingerprint density at radius 2 is 2.00 bits per heavy atom. The molecule has 0 saturated carbocycles. The second-order valence-electron chi connectivity index (χ2n) is 4.08. The van der Waals surface area contributed by atoms with Gasteiger partial charge in [0.1, 0.15) is 0 Å². The number of benzene rings is 1. The van der Waals surface area contributed by atoms with Crippen LogP contribution in [-0.4, -0.2) is 19.6 Å². The minimum absolute atomic E-state index is 0.274. The summed E-state index contributed by atoms with van der Waals surface area (Å²) in [7, 11) is 1.87. The average molecular weight is 247 g/mol. The van der Waals surface area contributed by atoms with Crippen molar-refractivity contribution in [3.05, 3.63) is 35.9 Å². The summed E-state index contributed by atoms with van der Waals surface area (Å²) in [6.45, 7) is 2.63. The zero-order valence-electron chi connectivity index (χ0n) is 11.1. The Balaban J connectivity index is 2.35. The van der Waals surface area contributed by atoms with Crippen molar-refractivity contribution in [1.82, 2.24) is 0 Å². The van der Waals surface area contributed by atoms with Crippen LogP contribution >= 0.6 is 0 Å². The number of carbonyl (C=O) groups is 1. The molecule has 98 valence electrons. The van der Waals surface area contributed by atoms with Crippen LogP contribution in [0, 0.1) is 0 Å². The van der Waals surface area contributed by atoms with Crippen LogP contribution in [0.3, 0.4) is 0 Å². The van der Waals surface area contributed by atoms with Gasteiger partial charge < -0.3 is 10.1 Å². The molecule has 1 aromatic rings. The van der Waals surface area contributed by atoms with Crippen molar-refractivity contribution in [2.75, 3.05) is 19.0 Å². The maximum atomic E-state index is 11.4. The van der Waals surface area contributed by atoms with E-state index in [1.807, 2.05) is 31.3 Å². The third-order valence-corrected chi connectivity index (χ3v) is 2.60. The lowest BCUT2D eigenvalue weighted by atomic mass is 10.2. The molecular formula is C15H21NO2. The molecule has 0 heterocycles. The van der Waals surface area contributed by atoms with Crippen molar-refractivity contribution in [2.24, 2.45) is 0 Å². The highest BCUT2D eigenvalue weighted by molar-refractivity contribution is 5.87. The first-order chi connectivity index (χ1) is 8.76. The highest BCUT2D eigenvalue weighted by Gasteiger charge is 1.96. The predicted molar refractivity (Wildman–Crippen MR) is 75.5 cm³/mol. The molecule has 1 rings (SSSR count). The largest absolute Gasteiger partial charge is 0.463 e. The van der Waals surface area contributed by atoms with E-state index in [2.05, 4.69) is 12.2 Å². The summed E-state index contributed by atoms with van der Waals surface area (Å²) >= 11 is 0. The Hall–Kier alpha value is -1.77. The van der Waals surface area contributed by atoms with E-state index in [-0.39, 0.29) is 5.97 Å². The number of ether oxygens (including phenoxy) is 1. The van der Waals surface area contributed by atoms with E-state index in [0.717, 1.165) is 30.5 Å². The molecule has 0 amide bonds. The molecule has 1 N–H and O–H groups in total. The molecule has 0 fully saturated rings. The predicted octanol–water partition coefficient (Wildman–Crippen LogP) is 3.47. The summed E-state index contributed by atoms with van der Waals surface area (Å²) in [5.74, 6) is -0.274. The van der Waals surface area contributed by atoms with Crippen molar-refractivity contribution in [3.8, 4) is 0 Å². The van der Waals surface area contributed by atoms with Crippen LogP contribution in [0.4, 0.5) is 5.69 Å². The topological polar surface area (TPSA) is 38.3 Å². The average Bonchev–Trinajstić information content (AvgIpc) is 2.42. The van der Waals surface area contributed by atoms with Crippen molar-refractivity contribution in [2.45, 2.75) is 26.2 Å². The maximum Gasteiger partial charge on any atom is 0.330 e. The van der Waals surface area contributed by atoms with Gasteiger partial charge in [-0.3, -0.25) is 0 Å². The number of carbonyl (C=O) groups excluding carboxylic acids is 1. The lowest BCUT2D eigenvalue weighted by molar-refractivity contribution is -0.137. The van der Waals surface area contributed by atoms with Crippen molar-refractivity contribution in [1.29, 1.82) is 0 Å². The lowest BCUT2D eigenvalue weighted by Gasteiger charge is -2.01. The van der Waals surface area contributed by atoms with Crippen molar-refractivity contribution >= 4 is 17.7 Å². The molecule has 0 aromatic heterocycles. The summed E-state index contributed by atoms with van der Waals surface area (Å²) in [4.78, 5) is 11.4. The van der Waals surface area contributed by atoms with E-state index in [9.17, 15) is 4.79 Å². The molecule has 3 heteroatoms. The Morgan fingerprint density at radius 1 is 1.28 bits per heavy atom. The highest BCUT2D eigenvalue weighted by atomic mass is 16.5. The van der Waals surface area contributed by atoms with E-state index < -0.39 is 0 Å². The molecule has 0 saturated heterocycles. The molecular weight excluding hydrogens is 226 g/mol. The fraction of sp³-hybridized carbons (Fsp3) is 0.400. The molecule has 0 bridgehead atoms. The molecule has 0 atom stereocenters. The summed E-state index contributed by atoms with van der Waals surface area (Å²) in [5, 5.41) is 3.04. The van der Waals surface area contributed by atoms with Crippen LogP contribution in [-0.2, 0) is 9.53 Å². The fourth-order valence-electron chi connectivity index (χ4n) is 1.50. The van der Waals surface area contributed by atoms with E-state index in [1.54, 1.807) is 6.08 Å². The summed E-state index contributed by atoms with van der Waals surface area (Å²) in [6.07, 6.45) is 6.41. The first kappa shape index (κ1) is 14.3. The maximum absolute atomic E-state index is 11.4. The number of rotatable bonds is 7. The first-order valence-electron chi connectivity index (χ1n) is 6.39. The third-order valence-electron chi connectivity index (χ3n) is 2.60. The van der Waals surface area contributed by atoms with Gasteiger partial charge in [-0.15, -0.1) is 0 Å². The van der Waals surface area contributed by atoms with Gasteiger partial charge in [-0.05, 0) is 30.2 Å². The molecule has 3 nitrogen and oxygen atoms in total. The quantitative estimate of drug-likeness (QED) is 0.455. The van der Waals surface area contributed by atoms with E-state index in [0.29, 0.717) is 6.61 Å². The number of hydrogen-bond donors (Lipinski definition) is 1. The van der Waals surface area contributed by atoms with Crippen LogP contribution in [0.5, 0.6) is 0 Å². The van der Waals surface area contributed by atoms with Gasteiger partial charge in [0.05, 0.1) is 6.61 Å². The van der Waals surface area contributed by atoms with Gasteiger partial charge in [0, 0.05) is 18.8 Å². The first-order valence-corrected chi connectivity index (χ1v) is 6.39. The molecule has 1 aromatic carbocycles. The van der Waals surface area contributed by atoms with Gasteiger partial charge in [0.2, 0.25) is 0 Å². The number of anilines is 1. The number of hydrogen-bond acceptors (Lipinski definition) is 3. The Morgan fingerprint density at radius 3 is 2.61 bits per heavy atom. The standard InChI is InChI=1S/C15H21NO2/c1-3-4-5-12-18-15(17)11-8-13-6-9-14(16-2)10-7-13/h6-11,16H,3-5,12H2,1-2H3/b11-8+. The van der Waals surface area contributed by atoms with Gasteiger partial charge in [-0.2, -0.15) is 0 Å². The van der Waals surface area contributed by atoms with Crippen LogP contribution < -0.4 is 5.32 Å². The summed E-state index contributed by atoms with van der Waals surface area (Å²) in [6, 6.07) is 7.83. The van der Waals surface area contributed by atoms with Crippen LogP contribution in [0.15, 0.2) is 30.3 Å². The lowest BCUT2D eigenvalue weighted by Crippen LogP contribution is -2.01. The van der Waals surface area contributed by atoms with E-state index in [4.69, 9.17) is 4.74 Å². The molecule has 0 aliphatic carbocycles. The van der Waals surface area contributed by atoms with Gasteiger partial charge >= 0.3 is 5.97 Å². The van der Waals surface area contributed by atoms with Crippen molar-refractivity contribution < 1.29 is 9.53 Å². The van der Waals surface area contributed by atoms with Gasteiger partial charge in [0.25, 0.3) is 0 Å².